The van der Waals surface area contributed by atoms with E-state index in [9.17, 15) is 24.0 Å². The first-order valence-corrected chi connectivity index (χ1v) is 12.3. The molecule has 0 aliphatic carbocycles. The fraction of sp³-hybridized carbons (Fsp3) is 0.593. The minimum Gasteiger partial charge on any atom is -0.454 e. The molecule has 1 saturated heterocycles. The summed E-state index contributed by atoms with van der Waals surface area (Å²) in [5.41, 5.74) is 0.624. The van der Waals surface area contributed by atoms with Gasteiger partial charge in [0, 0.05) is 38.4 Å². The van der Waals surface area contributed by atoms with E-state index in [0.29, 0.717) is 31.3 Å². The molecule has 1 N–H and O–H groups in total. The topological polar surface area (TPSA) is 116 Å². The number of nitrogens with one attached hydrogen (secondary N) is 1. The Morgan fingerprint density at radius 2 is 1.80 bits per heavy atom. The third-order valence-electron chi connectivity index (χ3n) is 6.48. The van der Waals surface area contributed by atoms with E-state index in [1.165, 1.54) is 13.2 Å². The average Bonchev–Trinajstić information content (AvgIpc) is 2.79. The van der Waals surface area contributed by atoms with Crippen molar-refractivity contribution in [1.82, 2.24) is 5.32 Å². The number of methoxy groups -OCH3 is 1. The van der Waals surface area contributed by atoms with Crippen molar-refractivity contribution in [3.05, 3.63) is 36.0 Å². The van der Waals surface area contributed by atoms with Gasteiger partial charge in [0.15, 0.2) is 5.78 Å². The van der Waals surface area contributed by atoms with Crippen molar-refractivity contribution in [1.29, 1.82) is 0 Å². The molecule has 1 fully saturated rings. The number of rotatable bonds is 7. The maximum absolute atomic E-state index is 13.0. The predicted molar refractivity (Wildman–Crippen MR) is 130 cm³/mol. The first-order chi connectivity index (χ1) is 16.6. The molecule has 2 aliphatic rings. The molecule has 35 heavy (non-hydrogen) atoms. The third-order valence-corrected chi connectivity index (χ3v) is 6.48. The summed E-state index contributed by atoms with van der Waals surface area (Å²) in [4.78, 5) is 61.4. The van der Waals surface area contributed by atoms with Crippen molar-refractivity contribution >= 4 is 29.4 Å². The molecule has 2 rings (SSSR count). The number of cyclic esters (lactones) is 1. The standard InChI is InChI=1S/C27H37NO7/c1-17-14-18(2)27(35-25(32)13-8-6-5-7-12-22(34-4)26(17)33)19(3)21(29)11-9-10-20-15-23(30)28-24(31)16-20/h7-8,12-14,17,19-20,22,27H,5-6,9-11,15-16H2,1-4H3,(H,28,30,31)/b12-7+,13-8+,18-14-/t17-,19-,22+,27?/m1/s1. The van der Waals surface area contributed by atoms with E-state index < -0.39 is 30.0 Å². The number of piperidine rings is 1. The molecule has 0 spiro atoms. The number of carbonyl (C=O) groups is 5. The second-order valence-electron chi connectivity index (χ2n) is 9.42. The quantitative estimate of drug-likeness (QED) is 0.332. The summed E-state index contributed by atoms with van der Waals surface area (Å²) < 4.78 is 11.0. The number of ketones is 2. The monoisotopic (exact) mass is 487 g/mol. The van der Waals surface area contributed by atoms with E-state index in [1.54, 1.807) is 39.0 Å². The lowest BCUT2D eigenvalue weighted by Crippen LogP contribution is -2.38. The molecule has 0 bridgehead atoms. The Labute approximate surface area is 207 Å². The van der Waals surface area contributed by atoms with Gasteiger partial charge in [0.2, 0.25) is 11.8 Å². The zero-order chi connectivity index (χ0) is 26.0. The molecule has 192 valence electrons. The van der Waals surface area contributed by atoms with Crippen LogP contribution in [-0.4, -0.2) is 48.7 Å². The van der Waals surface area contributed by atoms with Crippen molar-refractivity contribution in [2.75, 3.05) is 7.11 Å². The van der Waals surface area contributed by atoms with Crippen LogP contribution in [0.1, 0.15) is 65.7 Å². The number of ether oxygens (including phenoxy) is 2. The van der Waals surface area contributed by atoms with Crippen LogP contribution in [0.2, 0.25) is 0 Å². The third kappa shape index (κ3) is 9.02. The van der Waals surface area contributed by atoms with Gasteiger partial charge in [-0.2, -0.15) is 0 Å². The lowest BCUT2D eigenvalue weighted by atomic mass is 9.87. The molecule has 0 aromatic carbocycles. The van der Waals surface area contributed by atoms with Gasteiger partial charge in [0.25, 0.3) is 0 Å². The molecule has 8 nitrogen and oxygen atoms in total. The number of carbonyl (C=O) groups excluding carboxylic acids is 5. The number of hydrogen-bond donors (Lipinski definition) is 1. The Hall–Kier alpha value is -2.87. The molecular formula is C27H37NO7. The Balaban J connectivity index is 2.12. The Kier molecular flexibility index (Phi) is 11.2. The maximum atomic E-state index is 13.0. The largest absolute Gasteiger partial charge is 0.454 e. The van der Waals surface area contributed by atoms with Crippen LogP contribution in [0.3, 0.4) is 0 Å². The summed E-state index contributed by atoms with van der Waals surface area (Å²) in [6.45, 7) is 5.23. The maximum Gasteiger partial charge on any atom is 0.331 e. The van der Waals surface area contributed by atoms with E-state index in [-0.39, 0.29) is 48.6 Å². The fourth-order valence-electron chi connectivity index (χ4n) is 4.49. The highest BCUT2D eigenvalue weighted by molar-refractivity contribution is 5.97. The number of hydrogen-bond acceptors (Lipinski definition) is 7. The van der Waals surface area contributed by atoms with Gasteiger partial charge in [-0.1, -0.05) is 38.2 Å². The fourth-order valence-corrected chi connectivity index (χ4v) is 4.49. The van der Waals surface area contributed by atoms with E-state index >= 15 is 0 Å². The first-order valence-electron chi connectivity index (χ1n) is 12.3. The van der Waals surface area contributed by atoms with Gasteiger partial charge in [-0.15, -0.1) is 0 Å². The molecule has 4 atom stereocenters. The van der Waals surface area contributed by atoms with Crippen molar-refractivity contribution < 1.29 is 33.4 Å². The minimum atomic E-state index is -0.809. The molecule has 1 unspecified atom stereocenters. The SMILES string of the molecule is CO[C@H]1/C=C/CC/C=C/C(=O)OC([C@H](C)C(=O)CCCC2CC(=O)NC(=O)C2)/C(C)=C\[C@@H](C)C1=O. The normalized spacial score (nSPS) is 29.3. The van der Waals surface area contributed by atoms with E-state index in [1.807, 2.05) is 6.08 Å². The number of Topliss-reactive ketones (excluding diaryl/α,β-unsaturated/α-hetero) is 2. The zero-order valence-corrected chi connectivity index (χ0v) is 21.1. The van der Waals surface area contributed by atoms with Crippen LogP contribution in [0.15, 0.2) is 36.0 Å². The highest BCUT2D eigenvalue weighted by Crippen LogP contribution is 2.25. The van der Waals surface area contributed by atoms with E-state index in [0.717, 1.165) is 0 Å². The smallest absolute Gasteiger partial charge is 0.331 e. The number of esters is 1. The molecule has 2 aliphatic heterocycles. The van der Waals surface area contributed by atoms with Gasteiger partial charge in [-0.3, -0.25) is 24.5 Å². The summed E-state index contributed by atoms with van der Waals surface area (Å²) >= 11 is 0. The Morgan fingerprint density at radius 1 is 1.14 bits per heavy atom. The van der Waals surface area contributed by atoms with Crippen molar-refractivity contribution in [3.8, 4) is 0 Å². The van der Waals surface area contributed by atoms with Gasteiger partial charge in [-0.25, -0.2) is 4.79 Å². The lowest BCUT2D eigenvalue weighted by Gasteiger charge is -2.25. The second kappa shape index (κ2) is 13.9. The number of imide groups is 1. The lowest BCUT2D eigenvalue weighted by molar-refractivity contribution is -0.145. The molecule has 0 saturated carbocycles. The Bertz CT molecular complexity index is 885. The van der Waals surface area contributed by atoms with Crippen LogP contribution in [0, 0.1) is 17.8 Å². The minimum absolute atomic E-state index is 0.0621. The van der Waals surface area contributed by atoms with E-state index in [4.69, 9.17) is 9.47 Å². The molecule has 8 heteroatoms. The van der Waals surface area contributed by atoms with Gasteiger partial charge in [0.05, 0.1) is 5.92 Å². The first kappa shape index (κ1) is 28.4. The molecular weight excluding hydrogens is 450 g/mol. The Morgan fingerprint density at radius 3 is 2.46 bits per heavy atom. The highest BCUT2D eigenvalue weighted by atomic mass is 16.5. The number of amides is 2. The van der Waals surface area contributed by atoms with E-state index in [2.05, 4.69) is 5.32 Å². The van der Waals surface area contributed by atoms with Crippen LogP contribution in [0.5, 0.6) is 0 Å². The van der Waals surface area contributed by atoms with Gasteiger partial charge in [0.1, 0.15) is 18.0 Å². The molecule has 0 aromatic heterocycles. The van der Waals surface area contributed by atoms with Crippen molar-refractivity contribution in [3.63, 3.8) is 0 Å². The summed E-state index contributed by atoms with van der Waals surface area (Å²) in [7, 11) is 1.49. The molecule has 0 aromatic rings. The van der Waals surface area contributed by atoms with Gasteiger partial charge < -0.3 is 9.47 Å². The van der Waals surface area contributed by atoms with Crippen molar-refractivity contribution in [2.45, 2.75) is 77.9 Å². The molecule has 0 radical (unpaired) electrons. The number of allylic oxidation sites excluding steroid dienone is 3. The van der Waals surface area contributed by atoms with Gasteiger partial charge in [-0.05, 0) is 44.1 Å². The zero-order valence-electron chi connectivity index (χ0n) is 21.1. The van der Waals surface area contributed by atoms with Crippen LogP contribution in [0.25, 0.3) is 0 Å². The van der Waals surface area contributed by atoms with Gasteiger partial charge >= 0.3 is 5.97 Å². The summed E-state index contributed by atoms with van der Waals surface area (Å²) in [6, 6.07) is 0. The summed E-state index contributed by atoms with van der Waals surface area (Å²) in [5, 5.41) is 2.29. The molecule has 2 heterocycles. The van der Waals surface area contributed by atoms with Crippen LogP contribution >= 0.6 is 0 Å². The highest BCUT2D eigenvalue weighted by Gasteiger charge is 2.30. The predicted octanol–water partition coefficient (Wildman–Crippen LogP) is 3.40. The van der Waals surface area contributed by atoms with Crippen LogP contribution in [-0.2, 0) is 33.4 Å². The molecule has 2 amide bonds. The second-order valence-corrected chi connectivity index (χ2v) is 9.42. The van der Waals surface area contributed by atoms with Crippen molar-refractivity contribution in [2.24, 2.45) is 17.8 Å². The summed E-state index contributed by atoms with van der Waals surface area (Å²) in [5.74, 6) is -2.47. The van der Waals surface area contributed by atoms with Crippen LogP contribution in [0.4, 0.5) is 0 Å². The van der Waals surface area contributed by atoms with Crippen LogP contribution < -0.4 is 5.32 Å². The average molecular weight is 488 g/mol. The summed E-state index contributed by atoms with van der Waals surface area (Å²) in [6.07, 6.45) is 10.1.